The van der Waals surface area contributed by atoms with Crippen LogP contribution in [-0.4, -0.2) is 30.8 Å². The van der Waals surface area contributed by atoms with Gasteiger partial charge in [0.15, 0.2) is 0 Å². The number of rotatable bonds is 5. The molecule has 4 nitrogen and oxygen atoms in total. The van der Waals surface area contributed by atoms with Crippen molar-refractivity contribution in [3.05, 3.63) is 29.3 Å². The van der Waals surface area contributed by atoms with Crippen molar-refractivity contribution in [3.63, 3.8) is 0 Å². The highest BCUT2D eigenvalue weighted by Crippen LogP contribution is 2.25. The number of aliphatic hydroxyl groups excluding tert-OH is 1. The summed E-state index contributed by atoms with van der Waals surface area (Å²) >= 11 is 0. The van der Waals surface area contributed by atoms with Crippen molar-refractivity contribution in [2.45, 2.75) is 38.8 Å². The lowest BCUT2D eigenvalue weighted by Gasteiger charge is -2.32. The number of β-amino-alcohol motifs (C(OH)–C–C–N with tert-alkyl or cyclic N) is 1. The Labute approximate surface area is 121 Å². The molecule has 1 fully saturated rings. The highest BCUT2D eigenvalue weighted by molar-refractivity contribution is 5.60. The number of benzene rings is 1. The standard InChI is InChI=1S/C16H23N3O/c1-2-7-18-11-13-5-6-16(14(9-13)10-17)19-8-3-4-15(20)12-19/h5-6,9,15,18,20H,2-4,7-8,11-12H2,1H3. The van der Waals surface area contributed by atoms with Crippen LogP contribution < -0.4 is 10.2 Å². The van der Waals surface area contributed by atoms with Gasteiger partial charge in [0.25, 0.3) is 0 Å². The average molecular weight is 273 g/mol. The van der Waals surface area contributed by atoms with E-state index in [-0.39, 0.29) is 6.10 Å². The van der Waals surface area contributed by atoms with E-state index in [1.807, 2.05) is 12.1 Å². The molecule has 0 saturated carbocycles. The second-order valence-electron chi connectivity index (χ2n) is 5.38. The molecule has 1 atom stereocenters. The normalized spacial score (nSPS) is 18.9. The van der Waals surface area contributed by atoms with E-state index in [1.54, 1.807) is 0 Å². The van der Waals surface area contributed by atoms with Gasteiger partial charge in [-0.25, -0.2) is 0 Å². The van der Waals surface area contributed by atoms with Gasteiger partial charge in [0, 0.05) is 19.6 Å². The monoisotopic (exact) mass is 273 g/mol. The molecular weight excluding hydrogens is 250 g/mol. The first kappa shape index (κ1) is 14.8. The Bertz CT molecular complexity index is 481. The number of hydrogen-bond donors (Lipinski definition) is 2. The zero-order chi connectivity index (χ0) is 14.4. The van der Waals surface area contributed by atoms with Gasteiger partial charge in [0.05, 0.1) is 17.4 Å². The minimum absolute atomic E-state index is 0.277. The van der Waals surface area contributed by atoms with Gasteiger partial charge in [-0.05, 0) is 43.5 Å². The molecule has 1 aliphatic rings. The number of nitriles is 1. The fourth-order valence-electron chi connectivity index (χ4n) is 2.64. The van der Waals surface area contributed by atoms with Gasteiger partial charge in [0.2, 0.25) is 0 Å². The fraction of sp³-hybridized carbons (Fsp3) is 0.562. The van der Waals surface area contributed by atoms with Crippen molar-refractivity contribution >= 4 is 5.69 Å². The first-order valence-electron chi connectivity index (χ1n) is 7.41. The molecule has 0 amide bonds. The molecule has 4 heteroatoms. The van der Waals surface area contributed by atoms with Gasteiger partial charge < -0.3 is 15.3 Å². The van der Waals surface area contributed by atoms with Crippen LogP contribution in [0.3, 0.4) is 0 Å². The first-order chi connectivity index (χ1) is 9.74. The average Bonchev–Trinajstić information content (AvgIpc) is 2.47. The summed E-state index contributed by atoms with van der Waals surface area (Å²) in [6, 6.07) is 8.33. The highest BCUT2D eigenvalue weighted by Gasteiger charge is 2.20. The first-order valence-corrected chi connectivity index (χ1v) is 7.41. The predicted octanol–water partition coefficient (Wildman–Crippen LogP) is 2.02. The number of nitrogens with one attached hydrogen (secondary N) is 1. The molecule has 20 heavy (non-hydrogen) atoms. The van der Waals surface area contributed by atoms with Gasteiger partial charge in [-0.3, -0.25) is 0 Å². The molecule has 1 saturated heterocycles. The van der Waals surface area contributed by atoms with Crippen LogP contribution in [0.15, 0.2) is 18.2 Å². The Morgan fingerprint density at radius 1 is 1.50 bits per heavy atom. The fourth-order valence-corrected chi connectivity index (χ4v) is 2.64. The Hall–Kier alpha value is -1.57. The van der Waals surface area contributed by atoms with Crippen molar-refractivity contribution in [2.75, 3.05) is 24.5 Å². The third-order valence-corrected chi connectivity index (χ3v) is 3.67. The van der Waals surface area contributed by atoms with E-state index in [0.717, 1.165) is 50.1 Å². The van der Waals surface area contributed by atoms with Gasteiger partial charge in [-0.2, -0.15) is 5.26 Å². The van der Waals surface area contributed by atoms with Gasteiger partial charge in [-0.15, -0.1) is 0 Å². The largest absolute Gasteiger partial charge is 0.391 e. The molecule has 0 aromatic heterocycles. The summed E-state index contributed by atoms with van der Waals surface area (Å²) in [6.07, 6.45) is 2.67. The maximum Gasteiger partial charge on any atom is 0.101 e. The summed E-state index contributed by atoms with van der Waals surface area (Å²) < 4.78 is 0. The third kappa shape index (κ3) is 3.72. The number of anilines is 1. The molecule has 0 aliphatic carbocycles. The summed E-state index contributed by atoms with van der Waals surface area (Å²) in [5, 5.41) is 22.5. The summed E-state index contributed by atoms with van der Waals surface area (Å²) in [5.74, 6) is 0. The zero-order valence-electron chi connectivity index (χ0n) is 12.1. The van der Waals surface area contributed by atoms with Crippen molar-refractivity contribution < 1.29 is 5.11 Å². The van der Waals surface area contributed by atoms with Crippen LogP contribution in [0.25, 0.3) is 0 Å². The third-order valence-electron chi connectivity index (χ3n) is 3.67. The van der Waals surface area contributed by atoms with E-state index in [0.29, 0.717) is 12.1 Å². The maximum absolute atomic E-state index is 9.77. The molecule has 1 unspecified atom stereocenters. The predicted molar refractivity (Wildman–Crippen MR) is 80.6 cm³/mol. The van der Waals surface area contributed by atoms with Crippen LogP contribution in [0.4, 0.5) is 5.69 Å². The van der Waals surface area contributed by atoms with E-state index in [2.05, 4.69) is 29.3 Å². The summed E-state index contributed by atoms with van der Waals surface area (Å²) in [5.41, 5.74) is 2.79. The smallest absolute Gasteiger partial charge is 0.101 e. The van der Waals surface area contributed by atoms with E-state index in [1.165, 1.54) is 0 Å². The molecule has 0 bridgehead atoms. The quantitative estimate of drug-likeness (QED) is 0.806. The van der Waals surface area contributed by atoms with Crippen molar-refractivity contribution in [2.24, 2.45) is 0 Å². The van der Waals surface area contributed by atoms with Gasteiger partial charge >= 0.3 is 0 Å². The van der Waals surface area contributed by atoms with Crippen LogP contribution in [0.2, 0.25) is 0 Å². The molecule has 1 aromatic carbocycles. The van der Waals surface area contributed by atoms with E-state index >= 15 is 0 Å². The van der Waals surface area contributed by atoms with Crippen LogP contribution >= 0.6 is 0 Å². The van der Waals surface area contributed by atoms with Crippen molar-refractivity contribution in [1.82, 2.24) is 5.32 Å². The minimum atomic E-state index is -0.277. The lowest BCUT2D eigenvalue weighted by Crippen LogP contribution is -2.38. The molecular formula is C16H23N3O. The Morgan fingerprint density at radius 3 is 3.05 bits per heavy atom. The zero-order valence-corrected chi connectivity index (χ0v) is 12.1. The molecule has 1 aromatic rings. The van der Waals surface area contributed by atoms with Crippen molar-refractivity contribution in [3.8, 4) is 6.07 Å². The number of aliphatic hydroxyl groups is 1. The van der Waals surface area contributed by atoms with Crippen LogP contribution in [0.5, 0.6) is 0 Å². The van der Waals surface area contributed by atoms with E-state index in [4.69, 9.17) is 0 Å². The number of piperidine rings is 1. The topological polar surface area (TPSA) is 59.3 Å². The Morgan fingerprint density at radius 2 is 2.35 bits per heavy atom. The second kappa shape index (κ2) is 7.28. The Balaban J connectivity index is 2.11. The number of nitrogens with zero attached hydrogens (tertiary/aromatic N) is 2. The summed E-state index contributed by atoms with van der Waals surface area (Å²) in [6.45, 7) is 5.47. The Kier molecular flexibility index (Phi) is 5.40. The molecule has 2 N–H and O–H groups in total. The molecule has 108 valence electrons. The van der Waals surface area contributed by atoms with E-state index < -0.39 is 0 Å². The number of hydrogen-bond acceptors (Lipinski definition) is 4. The van der Waals surface area contributed by atoms with Gasteiger partial charge in [-0.1, -0.05) is 13.0 Å². The molecule has 2 rings (SSSR count). The summed E-state index contributed by atoms with van der Waals surface area (Å²) in [7, 11) is 0. The van der Waals surface area contributed by atoms with Crippen LogP contribution in [0, 0.1) is 11.3 Å². The van der Waals surface area contributed by atoms with Crippen molar-refractivity contribution in [1.29, 1.82) is 5.26 Å². The lowest BCUT2D eigenvalue weighted by atomic mass is 10.0. The summed E-state index contributed by atoms with van der Waals surface area (Å²) in [4.78, 5) is 2.12. The molecule has 1 aliphatic heterocycles. The maximum atomic E-state index is 9.77. The second-order valence-corrected chi connectivity index (χ2v) is 5.38. The van der Waals surface area contributed by atoms with Crippen LogP contribution in [0.1, 0.15) is 37.3 Å². The molecule has 0 spiro atoms. The highest BCUT2D eigenvalue weighted by atomic mass is 16.3. The SMILES string of the molecule is CCCNCc1ccc(N2CCCC(O)C2)c(C#N)c1. The van der Waals surface area contributed by atoms with E-state index in [9.17, 15) is 10.4 Å². The molecule has 1 heterocycles. The minimum Gasteiger partial charge on any atom is -0.391 e. The lowest BCUT2D eigenvalue weighted by molar-refractivity contribution is 0.154. The van der Waals surface area contributed by atoms with Crippen LogP contribution in [-0.2, 0) is 6.54 Å². The van der Waals surface area contributed by atoms with Gasteiger partial charge in [0.1, 0.15) is 6.07 Å². The molecule has 0 radical (unpaired) electrons.